The van der Waals surface area contributed by atoms with Crippen molar-refractivity contribution in [2.45, 2.75) is 18.9 Å². The molecule has 2 aliphatic heterocycles. The fourth-order valence-electron chi connectivity index (χ4n) is 2.41. The van der Waals surface area contributed by atoms with Crippen LogP contribution in [0.15, 0.2) is 0 Å². The molecule has 0 aromatic rings. The van der Waals surface area contributed by atoms with Gasteiger partial charge in [-0.2, -0.15) is 0 Å². The molecule has 0 bridgehead atoms. The topological polar surface area (TPSA) is 67.1 Å². The summed E-state index contributed by atoms with van der Waals surface area (Å²) in [6.07, 6.45) is 2.07. The van der Waals surface area contributed by atoms with Crippen LogP contribution in [0.4, 0.5) is 0 Å². The smallest absolute Gasteiger partial charge is 0.225 e. The third-order valence-corrected chi connectivity index (χ3v) is 3.60. The third kappa shape index (κ3) is 4.01. The molecular weight excluding hydrogens is 313 g/mol. The van der Waals surface area contributed by atoms with Crippen molar-refractivity contribution in [1.29, 1.82) is 0 Å². The third-order valence-electron chi connectivity index (χ3n) is 3.60. The van der Waals surface area contributed by atoms with E-state index in [9.17, 15) is 4.79 Å². The predicted octanol–water partition coefficient (Wildman–Crippen LogP) is -1.07. The Kier molecular flexibility index (Phi) is 7.45. The molecule has 2 rings (SSSR count). The van der Waals surface area contributed by atoms with Crippen molar-refractivity contribution < 1.29 is 30.7 Å². The maximum Gasteiger partial charge on any atom is 0.225 e. The molecule has 17 heavy (non-hydrogen) atoms. The Morgan fingerprint density at radius 1 is 1.24 bits per heavy atom. The van der Waals surface area contributed by atoms with E-state index in [-0.39, 0.29) is 31.8 Å². The van der Waals surface area contributed by atoms with Crippen molar-refractivity contribution in [2.24, 2.45) is 5.92 Å². The van der Waals surface area contributed by atoms with Gasteiger partial charge in [0.1, 0.15) is 0 Å². The molecule has 0 aromatic heterocycles. The van der Waals surface area contributed by atoms with Crippen LogP contribution >= 0.6 is 0 Å². The number of amides is 1. The summed E-state index contributed by atoms with van der Waals surface area (Å²) >= 11 is 0. The van der Waals surface area contributed by atoms with Gasteiger partial charge in [0.05, 0.1) is 0 Å². The number of nitrogens with one attached hydrogen (secondary N) is 1. The average Bonchev–Trinajstić information content (AvgIpc) is 2.15. The Morgan fingerprint density at radius 2 is 1.76 bits per heavy atom. The van der Waals surface area contributed by atoms with Gasteiger partial charge >= 0.3 is 0 Å². The molecule has 0 radical (unpaired) electrons. The first-order valence-electron chi connectivity index (χ1n) is 5.84. The standard InChI is InChI=1S/C11H21N3O.H2O.Pd/c1-13(2)11(15)9-3-5-14(6-4-9)10-7-12-8-10;;/h9-10,12H,3-8H2,1-2H3;1H2;. The van der Waals surface area contributed by atoms with Crippen LogP contribution in [0.3, 0.4) is 0 Å². The molecule has 0 spiro atoms. The van der Waals surface area contributed by atoms with E-state index in [0.717, 1.165) is 45.1 Å². The summed E-state index contributed by atoms with van der Waals surface area (Å²) in [6.45, 7) is 4.45. The summed E-state index contributed by atoms with van der Waals surface area (Å²) in [5.41, 5.74) is 0. The molecule has 0 aliphatic carbocycles. The van der Waals surface area contributed by atoms with Gasteiger partial charge in [0, 0.05) is 59.6 Å². The molecule has 0 unspecified atom stereocenters. The molecule has 5 nitrogen and oxygen atoms in total. The number of rotatable bonds is 2. The van der Waals surface area contributed by atoms with Gasteiger partial charge in [-0.1, -0.05) is 0 Å². The molecule has 1 amide bonds. The van der Waals surface area contributed by atoms with Gasteiger partial charge in [0.25, 0.3) is 0 Å². The second kappa shape index (κ2) is 7.45. The molecule has 0 aromatic carbocycles. The van der Waals surface area contributed by atoms with E-state index < -0.39 is 0 Å². The van der Waals surface area contributed by atoms with Crippen molar-refractivity contribution in [1.82, 2.24) is 15.1 Å². The van der Waals surface area contributed by atoms with Crippen LogP contribution in [0.25, 0.3) is 0 Å². The van der Waals surface area contributed by atoms with Crippen LogP contribution in [-0.4, -0.2) is 67.5 Å². The second-order valence-electron chi connectivity index (χ2n) is 4.85. The SMILES string of the molecule is CN(C)C(=O)C1CCN(C2CNC2)CC1.O.[Pd]. The van der Waals surface area contributed by atoms with Crippen LogP contribution in [0.1, 0.15) is 12.8 Å². The number of hydrogen-bond acceptors (Lipinski definition) is 3. The van der Waals surface area contributed by atoms with Crippen molar-refractivity contribution >= 4 is 5.91 Å². The monoisotopic (exact) mass is 335 g/mol. The van der Waals surface area contributed by atoms with Gasteiger partial charge in [-0.15, -0.1) is 0 Å². The molecule has 0 atom stereocenters. The van der Waals surface area contributed by atoms with Crippen LogP contribution in [0, 0.1) is 5.92 Å². The quantitative estimate of drug-likeness (QED) is 0.654. The Morgan fingerprint density at radius 3 is 2.12 bits per heavy atom. The summed E-state index contributed by atoms with van der Waals surface area (Å²) in [6, 6.07) is 0.736. The maximum atomic E-state index is 11.8. The number of carbonyl (C=O) groups excluding carboxylic acids is 1. The van der Waals surface area contributed by atoms with Crippen LogP contribution in [0.5, 0.6) is 0 Å². The van der Waals surface area contributed by atoms with Crippen molar-refractivity contribution in [3.05, 3.63) is 0 Å². The molecule has 0 saturated carbocycles. The summed E-state index contributed by atoms with van der Waals surface area (Å²) in [7, 11) is 3.70. The van der Waals surface area contributed by atoms with Gasteiger partial charge in [0.2, 0.25) is 5.91 Å². The Hall–Kier alpha value is 0.0123. The van der Waals surface area contributed by atoms with E-state index in [1.807, 2.05) is 14.1 Å². The Bertz CT molecular complexity index is 239. The second-order valence-corrected chi connectivity index (χ2v) is 4.85. The van der Waals surface area contributed by atoms with Gasteiger partial charge in [-0.05, 0) is 25.9 Å². The minimum atomic E-state index is 0. The van der Waals surface area contributed by atoms with Crippen molar-refractivity contribution in [3.63, 3.8) is 0 Å². The van der Waals surface area contributed by atoms with E-state index >= 15 is 0 Å². The number of hydrogen-bond donors (Lipinski definition) is 1. The molecule has 104 valence electrons. The first kappa shape index (κ1) is 17.0. The van der Waals surface area contributed by atoms with E-state index in [0.29, 0.717) is 5.91 Å². The first-order valence-corrected chi connectivity index (χ1v) is 5.84. The van der Waals surface area contributed by atoms with E-state index in [1.165, 1.54) is 0 Å². The van der Waals surface area contributed by atoms with Gasteiger partial charge in [-0.25, -0.2) is 0 Å². The van der Waals surface area contributed by atoms with Crippen LogP contribution in [0.2, 0.25) is 0 Å². The zero-order chi connectivity index (χ0) is 10.8. The first-order chi connectivity index (χ1) is 7.18. The fourth-order valence-corrected chi connectivity index (χ4v) is 2.41. The Labute approximate surface area is 117 Å². The number of likely N-dealkylation sites (tertiary alicyclic amines) is 1. The van der Waals surface area contributed by atoms with Gasteiger partial charge in [0.15, 0.2) is 0 Å². The number of nitrogens with zero attached hydrogens (tertiary/aromatic N) is 2. The van der Waals surface area contributed by atoms with E-state index in [1.54, 1.807) is 4.90 Å². The molecule has 2 heterocycles. The number of carbonyl (C=O) groups is 1. The van der Waals surface area contributed by atoms with Gasteiger partial charge in [-0.3, -0.25) is 9.69 Å². The minimum absolute atomic E-state index is 0. The van der Waals surface area contributed by atoms with Gasteiger partial charge < -0.3 is 15.7 Å². The zero-order valence-corrected chi connectivity index (χ0v) is 12.1. The summed E-state index contributed by atoms with van der Waals surface area (Å²) in [5.74, 6) is 0.575. The predicted molar refractivity (Wildman–Crippen MR) is 63.3 cm³/mol. The molecule has 3 N–H and O–H groups in total. The normalized spacial score (nSPS) is 22.0. The summed E-state index contributed by atoms with van der Waals surface area (Å²) in [4.78, 5) is 16.0. The molecule has 2 saturated heterocycles. The van der Waals surface area contributed by atoms with Crippen molar-refractivity contribution in [3.8, 4) is 0 Å². The Balaban J connectivity index is 0.00000128. The fraction of sp³-hybridized carbons (Fsp3) is 0.909. The molecule has 6 heteroatoms. The zero-order valence-electron chi connectivity index (χ0n) is 10.5. The molecule has 2 aliphatic rings. The molecule has 2 fully saturated rings. The van der Waals surface area contributed by atoms with Crippen LogP contribution in [-0.2, 0) is 25.2 Å². The van der Waals surface area contributed by atoms with Crippen LogP contribution < -0.4 is 5.32 Å². The largest absolute Gasteiger partial charge is 0.412 e. The van der Waals surface area contributed by atoms with E-state index in [4.69, 9.17) is 0 Å². The maximum absolute atomic E-state index is 11.8. The average molecular weight is 336 g/mol. The van der Waals surface area contributed by atoms with Crippen molar-refractivity contribution in [2.75, 3.05) is 40.3 Å². The minimum Gasteiger partial charge on any atom is -0.412 e. The molecular formula is C11H23N3O2Pd. The summed E-state index contributed by atoms with van der Waals surface area (Å²) in [5, 5.41) is 3.29. The summed E-state index contributed by atoms with van der Waals surface area (Å²) < 4.78 is 0. The van der Waals surface area contributed by atoms with E-state index in [2.05, 4.69) is 10.2 Å². The number of piperidine rings is 1.